The van der Waals surface area contributed by atoms with Crippen LogP contribution in [0.4, 0.5) is 0 Å². The summed E-state index contributed by atoms with van der Waals surface area (Å²) in [4.78, 5) is 16.7. The fraction of sp³-hybridized carbons (Fsp3) is 0.320. The van der Waals surface area contributed by atoms with Crippen LogP contribution >= 0.6 is 11.3 Å². The third kappa shape index (κ3) is 5.52. The van der Waals surface area contributed by atoms with Gasteiger partial charge in [-0.1, -0.05) is 60.7 Å². The lowest BCUT2D eigenvalue weighted by Gasteiger charge is -2.37. The normalized spacial score (nSPS) is 16.1. The lowest BCUT2D eigenvalue weighted by Crippen LogP contribution is -2.47. The Morgan fingerprint density at radius 2 is 1.79 bits per heavy atom. The molecule has 6 nitrogen and oxygen atoms in total. The van der Waals surface area contributed by atoms with Crippen LogP contribution in [0.5, 0.6) is 0 Å². The van der Waals surface area contributed by atoms with Crippen LogP contribution < -0.4 is 0 Å². The number of carbonyl (C=O) groups is 1. The van der Waals surface area contributed by atoms with Gasteiger partial charge in [0, 0.05) is 25.1 Å². The molecule has 8 heteroatoms. The van der Waals surface area contributed by atoms with Gasteiger partial charge >= 0.3 is 0 Å². The summed E-state index contributed by atoms with van der Waals surface area (Å²) in [6.45, 7) is 0.702. The van der Waals surface area contributed by atoms with E-state index in [1.165, 1.54) is 16.3 Å². The van der Waals surface area contributed by atoms with Crippen LogP contribution in [0.2, 0.25) is 0 Å². The first-order valence-corrected chi connectivity index (χ1v) is 13.4. The molecule has 0 fully saturated rings. The molecule has 1 aliphatic heterocycles. The molecule has 3 aromatic rings. The van der Waals surface area contributed by atoms with E-state index in [-0.39, 0.29) is 37.4 Å². The van der Waals surface area contributed by atoms with Crippen LogP contribution in [0.15, 0.2) is 72.1 Å². The Morgan fingerprint density at radius 1 is 1.09 bits per heavy atom. The molecular weight excluding hydrogens is 456 g/mol. The van der Waals surface area contributed by atoms with E-state index in [0.717, 1.165) is 17.5 Å². The van der Waals surface area contributed by atoms with Gasteiger partial charge < -0.3 is 9.64 Å². The van der Waals surface area contributed by atoms with E-state index < -0.39 is 10.0 Å². The Balaban J connectivity index is 1.59. The summed E-state index contributed by atoms with van der Waals surface area (Å²) in [5.41, 5.74) is 2.84. The summed E-state index contributed by atoms with van der Waals surface area (Å²) in [6.07, 6.45) is 0.775. The molecule has 0 bridgehead atoms. The predicted octanol–water partition coefficient (Wildman–Crippen LogP) is 3.70. The van der Waals surface area contributed by atoms with Gasteiger partial charge in [-0.3, -0.25) is 4.79 Å². The number of hydrogen-bond donors (Lipinski definition) is 0. The zero-order valence-corrected chi connectivity index (χ0v) is 20.2. The molecule has 2 aromatic carbocycles. The molecule has 1 atom stereocenters. The molecule has 0 saturated carbocycles. The quantitative estimate of drug-likeness (QED) is 0.465. The number of rotatable bonds is 9. The van der Waals surface area contributed by atoms with Gasteiger partial charge in [0.2, 0.25) is 15.9 Å². The van der Waals surface area contributed by atoms with E-state index >= 15 is 0 Å². The Labute approximate surface area is 199 Å². The average Bonchev–Trinajstić information content (AvgIpc) is 3.30. The highest BCUT2D eigenvalue weighted by atomic mass is 32.2. The molecule has 1 aromatic heterocycles. The summed E-state index contributed by atoms with van der Waals surface area (Å²) < 4.78 is 32.9. The number of sulfonamides is 1. The van der Waals surface area contributed by atoms with Gasteiger partial charge in [-0.15, -0.1) is 11.3 Å². The maximum absolute atomic E-state index is 13.6. The monoisotopic (exact) mass is 484 g/mol. The van der Waals surface area contributed by atoms with Crippen molar-refractivity contribution < 1.29 is 17.9 Å². The van der Waals surface area contributed by atoms with Crippen molar-refractivity contribution in [3.8, 4) is 0 Å². The van der Waals surface area contributed by atoms with Crippen LogP contribution in [0, 0.1) is 0 Å². The van der Waals surface area contributed by atoms with E-state index in [4.69, 9.17) is 4.74 Å². The summed E-state index contributed by atoms with van der Waals surface area (Å²) in [5, 5.41) is 2.06. The lowest BCUT2D eigenvalue weighted by atomic mass is 9.93. The first-order valence-electron chi connectivity index (χ1n) is 10.9. The Bertz CT molecular complexity index is 1160. The fourth-order valence-electron chi connectivity index (χ4n) is 4.21. The van der Waals surface area contributed by atoms with Crippen molar-refractivity contribution in [2.24, 2.45) is 0 Å². The van der Waals surface area contributed by atoms with Crippen LogP contribution in [0.25, 0.3) is 0 Å². The van der Waals surface area contributed by atoms with Gasteiger partial charge in [0.15, 0.2) is 0 Å². The number of hydrogen-bond acceptors (Lipinski definition) is 5. The minimum absolute atomic E-state index is 0.130. The predicted molar refractivity (Wildman–Crippen MR) is 131 cm³/mol. The highest BCUT2D eigenvalue weighted by Crippen LogP contribution is 2.37. The third-order valence-corrected chi connectivity index (χ3v) is 8.64. The number of ether oxygens (including phenoxy) is 1. The molecule has 0 N–H and O–H groups in total. The zero-order valence-electron chi connectivity index (χ0n) is 18.6. The Kier molecular flexibility index (Phi) is 7.60. The topological polar surface area (TPSA) is 66.9 Å². The number of methoxy groups -OCH3 is 1. The molecule has 0 saturated heterocycles. The maximum Gasteiger partial charge on any atom is 0.238 e. The molecule has 1 amide bonds. The second-order valence-electron chi connectivity index (χ2n) is 8.02. The fourth-order valence-corrected chi connectivity index (χ4v) is 6.57. The van der Waals surface area contributed by atoms with Crippen LogP contribution in [0.1, 0.15) is 27.6 Å². The van der Waals surface area contributed by atoms with Gasteiger partial charge in [0.25, 0.3) is 0 Å². The molecule has 1 aliphatic rings. The van der Waals surface area contributed by atoms with E-state index in [0.29, 0.717) is 12.1 Å². The van der Waals surface area contributed by atoms with Gasteiger partial charge in [-0.25, -0.2) is 8.42 Å². The molecule has 33 heavy (non-hydrogen) atoms. The number of fused-ring (bicyclic) bond motifs is 1. The average molecular weight is 485 g/mol. The highest BCUT2D eigenvalue weighted by Gasteiger charge is 2.35. The largest absolute Gasteiger partial charge is 0.383 e. The second kappa shape index (κ2) is 10.6. The van der Waals surface area contributed by atoms with Crippen LogP contribution in [-0.4, -0.2) is 56.9 Å². The molecule has 0 spiro atoms. The van der Waals surface area contributed by atoms with E-state index in [1.54, 1.807) is 23.5 Å². The van der Waals surface area contributed by atoms with Crippen LogP contribution in [0.3, 0.4) is 0 Å². The summed E-state index contributed by atoms with van der Waals surface area (Å²) in [6, 6.07) is 20.8. The molecular formula is C25H28N2O4S2. The molecule has 4 rings (SSSR count). The standard InChI is InChI=1S/C25H28N2O4S2/c1-31-16-15-26(33(29,30)19-20-8-4-2-5-9-20)18-24(28)27-14-12-23-22(13-17-32-23)25(27)21-10-6-3-7-11-21/h2-11,13,17,25H,12,14-16,18-19H2,1H3. The van der Waals surface area contributed by atoms with Gasteiger partial charge in [0.1, 0.15) is 0 Å². The minimum atomic E-state index is -3.71. The Hall–Kier alpha value is -2.52. The smallest absolute Gasteiger partial charge is 0.238 e. The lowest BCUT2D eigenvalue weighted by molar-refractivity contribution is -0.133. The molecule has 1 unspecified atom stereocenters. The third-order valence-electron chi connectivity index (χ3n) is 5.84. The van der Waals surface area contributed by atoms with Gasteiger partial charge in [-0.2, -0.15) is 4.31 Å². The zero-order chi connectivity index (χ0) is 23.3. The van der Waals surface area contributed by atoms with Crippen molar-refractivity contribution >= 4 is 27.3 Å². The number of thiophene rings is 1. The van der Waals surface area contributed by atoms with Crippen LogP contribution in [-0.2, 0) is 31.7 Å². The number of carbonyl (C=O) groups excluding carboxylic acids is 1. The highest BCUT2D eigenvalue weighted by molar-refractivity contribution is 7.88. The van der Waals surface area contributed by atoms with Crippen molar-refractivity contribution in [2.75, 3.05) is 33.4 Å². The molecule has 0 aliphatic carbocycles. The molecule has 0 radical (unpaired) electrons. The number of nitrogens with zero attached hydrogens (tertiary/aromatic N) is 2. The van der Waals surface area contributed by atoms with Crippen molar-refractivity contribution in [3.05, 3.63) is 93.7 Å². The maximum atomic E-state index is 13.6. The second-order valence-corrected chi connectivity index (χ2v) is 11.0. The van der Waals surface area contributed by atoms with E-state index in [1.807, 2.05) is 53.4 Å². The minimum Gasteiger partial charge on any atom is -0.383 e. The summed E-state index contributed by atoms with van der Waals surface area (Å²) >= 11 is 1.71. The van der Waals surface area contributed by atoms with E-state index in [9.17, 15) is 13.2 Å². The summed E-state index contributed by atoms with van der Waals surface area (Å²) in [5.74, 6) is -0.352. The van der Waals surface area contributed by atoms with E-state index in [2.05, 4.69) is 11.4 Å². The van der Waals surface area contributed by atoms with Crippen molar-refractivity contribution in [1.82, 2.24) is 9.21 Å². The van der Waals surface area contributed by atoms with Gasteiger partial charge in [0.05, 0.1) is 24.9 Å². The van der Waals surface area contributed by atoms with Crippen molar-refractivity contribution in [2.45, 2.75) is 18.2 Å². The Morgan fingerprint density at radius 3 is 2.48 bits per heavy atom. The van der Waals surface area contributed by atoms with Crippen molar-refractivity contribution in [3.63, 3.8) is 0 Å². The SMILES string of the molecule is COCCN(CC(=O)N1CCc2sccc2C1c1ccccc1)S(=O)(=O)Cc1ccccc1. The first kappa shape index (κ1) is 23.6. The molecule has 174 valence electrons. The molecule has 2 heterocycles. The van der Waals surface area contributed by atoms with Gasteiger partial charge in [-0.05, 0) is 34.6 Å². The first-order chi connectivity index (χ1) is 16.0. The summed E-state index contributed by atoms with van der Waals surface area (Å²) in [7, 11) is -2.18. The number of benzene rings is 2. The number of amides is 1. The van der Waals surface area contributed by atoms with Crippen molar-refractivity contribution in [1.29, 1.82) is 0 Å².